The van der Waals surface area contributed by atoms with Gasteiger partial charge in [-0.2, -0.15) is 0 Å². The molecule has 1 fully saturated rings. The Hall–Kier alpha value is -1.66. The molecule has 1 aliphatic carbocycles. The smallest absolute Gasteiger partial charge is 0.204 e. The topological polar surface area (TPSA) is 110 Å². The van der Waals surface area contributed by atoms with Gasteiger partial charge in [0.05, 0.1) is 6.61 Å². The molecule has 0 saturated heterocycles. The van der Waals surface area contributed by atoms with Gasteiger partial charge in [-0.15, -0.1) is 0 Å². The van der Waals surface area contributed by atoms with E-state index in [0.717, 1.165) is 0 Å². The van der Waals surface area contributed by atoms with Gasteiger partial charge >= 0.3 is 0 Å². The van der Waals surface area contributed by atoms with Crippen molar-refractivity contribution in [1.29, 1.82) is 0 Å². The molecule has 3 rings (SSSR count). The van der Waals surface area contributed by atoms with Crippen molar-refractivity contribution in [2.45, 2.75) is 24.5 Å². The molecular weight excluding hydrogens is 228 g/mol. The number of hydrogen-bond donors (Lipinski definition) is 5. The van der Waals surface area contributed by atoms with E-state index in [2.05, 4.69) is 0 Å². The molecule has 0 aromatic heterocycles. The van der Waals surface area contributed by atoms with Crippen LogP contribution in [0.15, 0.2) is 0 Å². The number of rotatable bonds is 1. The number of hydrogen-bond acceptors (Lipinski definition) is 6. The minimum Gasteiger partial charge on any atom is -0.504 e. The van der Waals surface area contributed by atoms with E-state index < -0.39 is 29.0 Å². The summed E-state index contributed by atoms with van der Waals surface area (Å²) in [4.78, 5) is 0. The molecule has 6 nitrogen and oxygen atoms in total. The van der Waals surface area contributed by atoms with Gasteiger partial charge in [0, 0.05) is 29.9 Å². The van der Waals surface area contributed by atoms with E-state index in [1.165, 1.54) is 0 Å². The van der Waals surface area contributed by atoms with Gasteiger partial charge in [0.2, 0.25) is 11.5 Å². The van der Waals surface area contributed by atoms with Crippen molar-refractivity contribution in [3.63, 3.8) is 0 Å². The second-order valence-electron chi connectivity index (χ2n) is 4.50. The Morgan fingerprint density at radius 1 is 1.06 bits per heavy atom. The maximum Gasteiger partial charge on any atom is 0.204 e. The van der Waals surface area contributed by atoms with E-state index in [-0.39, 0.29) is 17.7 Å². The Bertz CT molecular complexity index is 507. The molecular formula is C11H12O6. The highest BCUT2D eigenvalue weighted by atomic mass is 16.5. The second-order valence-corrected chi connectivity index (χ2v) is 4.50. The molecule has 0 amide bonds. The van der Waals surface area contributed by atoms with E-state index in [1.807, 2.05) is 0 Å². The van der Waals surface area contributed by atoms with Gasteiger partial charge in [-0.25, -0.2) is 0 Å². The summed E-state index contributed by atoms with van der Waals surface area (Å²) in [6.07, 6.45) is 0.551. The zero-order valence-corrected chi connectivity index (χ0v) is 8.84. The molecule has 6 heteroatoms. The van der Waals surface area contributed by atoms with Gasteiger partial charge in [-0.05, 0) is 0 Å². The lowest BCUT2D eigenvalue weighted by Crippen LogP contribution is -2.08. The number of phenols is 3. The molecule has 1 atom stereocenters. The summed E-state index contributed by atoms with van der Waals surface area (Å²) in [5, 5.41) is 47.8. The minimum absolute atomic E-state index is 0.0945. The van der Waals surface area contributed by atoms with Crippen molar-refractivity contribution < 1.29 is 30.3 Å². The highest BCUT2D eigenvalue weighted by molar-refractivity contribution is 5.68. The van der Waals surface area contributed by atoms with Gasteiger partial charge in [-0.3, -0.25) is 0 Å². The molecule has 0 bridgehead atoms. The van der Waals surface area contributed by atoms with E-state index in [0.29, 0.717) is 18.6 Å². The van der Waals surface area contributed by atoms with Crippen LogP contribution in [0.2, 0.25) is 0 Å². The summed E-state index contributed by atoms with van der Waals surface area (Å²) in [7, 11) is 0. The zero-order valence-electron chi connectivity index (χ0n) is 8.84. The van der Waals surface area contributed by atoms with Gasteiger partial charge in [0.25, 0.3) is 0 Å². The van der Waals surface area contributed by atoms with Crippen LogP contribution in [0.25, 0.3) is 0 Å². The van der Waals surface area contributed by atoms with Crippen LogP contribution in [0.5, 0.6) is 23.0 Å². The Labute approximate surface area is 96.3 Å². The molecule has 92 valence electrons. The molecule has 1 aliphatic heterocycles. The van der Waals surface area contributed by atoms with Crippen LogP contribution in [0.4, 0.5) is 0 Å². The van der Waals surface area contributed by atoms with Crippen molar-refractivity contribution in [2.75, 3.05) is 6.61 Å². The first-order valence-corrected chi connectivity index (χ1v) is 5.30. The number of fused-ring (bicyclic) bond motifs is 1. The Morgan fingerprint density at radius 2 is 1.71 bits per heavy atom. The van der Waals surface area contributed by atoms with Crippen LogP contribution < -0.4 is 4.74 Å². The van der Waals surface area contributed by atoms with Crippen LogP contribution in [0.3, 0.4) is 0 Å². The molecule has 5 N–H and O–H groups in total. The Morgan fingerprint density at radius 3 is 2.29 bits per heavy atom. The average molecular weight is 240 g/mol. The van der Waals surface area contributed by atoms with Crippen molar-refractivity contribution in [2.24, 2.45) is 0 Å². The number of phenolic OH excluding ortho intramolecular Hbond substituents is 3. The van der Waals surface area contributed by atoms with E-state index in [9.17, 15) is 25.5 Å². The van der Waals surface area contributed by atoms with Gasteiger partial charge in [-0.1, -0.05) is 0 Å². The van der Waals surface area contributed by atoms with Crippen LogP contribution >= 0.6 is 0 Å². The lowest BCUT2D eigenvalue weighted by molar-refractivity contribution is -0.0736. The van der Waals surface area contributed by atoms with Gasteiger partial charge < -0.3 is 30.3 Å². The predicted molar refractivity (Wildman–Crippen MR) is 55.2 cm³/mol. The maximum absolute atomic E-state index is 9.80. The summed E-state index contributed by atoms with van der Waals surface area (Å²) in [6, 6.07) is 0. The highest BCUT2D eigenvalue weighted by Gasteiger charge is 2.55. The largest absolute Gasteiger partial charge is 0.504 e. The quantitative estimate of drug-likeness (QED) is 0.346. The van der Waals surface area contributed by atoms with E-state index >= 15 is 0 Å². The van der Waals surface area contributed by atoms with E-state index in [1.54, 1.807) is 0 Å². The fourth-order valence-corrected chi connectivity index (χ4v) is 2.36. The molecule has 0 radical (unpaired) electrons. The lowest BCUT2D eigenvalue weighted by atomic mass is 9.98. The number of aliphatic hydroxyl groups is 2. The molecule has 17 heavy (non-hydrogen) atoms. The molecule has 0 spiro atoms. The third kappa shape index (κ3) is 1.28. The van der Waals surface area contributed by atoms with Gasteiger partial charge in [0.15, 0.2) is 17.3 Å². The minimum atomic E-state index is -1.85. The van der Waals surface area contributed by atoms with Gasteiger partial charge in [0.1, 0.15) is 0 Å². The summed E-state index contributed by atoms with van der Waals surface area (Å²) >= 11 is 0. The summed E-state index contributed by atoms with van der Waals surface area (Å²) in [5.74, 6) is -4.05. The third-order valence-electron chi connectivity index (χ3n) is 3.37. The molecule has 2 aliphatic rings. The van der Waals surface area contributed by atoms with Crippen LogP contribution in [-0.4, -0.2) is 37.9 Å². The van der Waals surface area contributed by atoms with Crippen molar-refractivity contribution in [3.05, 3.63) is 11.1 Å². The fraction of sp³-hybridized carbons (Fsp3) is 0.455. The number of benzene rings is 1. The number of ether oxygens (including phenoxy) is 1. The third-order valence-corrected chi connectivity index (χ3v) is 3.37. The van der Waals surface area contributed by atoms with Crippen molar-refractivity contribution in [1.82, 2.24) is 0 Å². The van der Waals surface area contributed by atoms with Crippen LogP contribution in [0.1, 0.15) is 23.5 Å². The summed E-state index contributed by atoms with van der Waals surface area (Å²) in [5.41, 5.74) is 0.797. The second kappa shape index (κ2) is 2.96. The van der Waals surface area contributed by atoms with Crippen molar-refractivity contribution >= 4 is 0 Å². The van der Waals surface area contributed by atoms with E-state index in [4.69, 9.17) is 4.74 Å². The fourth-order valence-electron chi connectivity index (χ4n) is 2.36. The normalized spacial score (nSPS) is 24.2. The Balaban J connectivity index is 2.22. The van der Waals surface area contributed by atoms with Crippen molar-refractivity contribution in [3.8, 4) is 23.0 Å². The molecule has 1 saturated carbocycles. The number of aromatic hydroxyl groups is 3. The SMILES string of the molecule is Oc1c(O)c2c(c(C3CC3(O)O)c1O)CCO2. The van der Waals surface area contributed by atoms with Crippen LogP contribution in [-0.2, 0) is 6.42 Å². The summed E-state index contributed by atoms with van der Waals surface area (Å²) < 4.78 is 5.17. The summed E-state index contributed by atoms with van der Waals surface area (Å²) in [6.45, 7) is 0.329. The monoisotopic (exact) mass is 240 g/mol. The molecule has 1 heterocycles. The Kier molecular flexibility index (Phi) is 1.83. The standard InChI is InChI=1S/C11H12O6/c12-7-6(5-3-11(5,15)16)4-1-2-17-10(4)9(14)8(7)13/h5,12-16H,1-3H2. The molecule has 1 aromatic carbocycles. The average Bonchev–Trinajstić information content (AvgIpc) is 2.71. The predicted octanol–water partition coefficient (Wildman–Crippen LogP) is -0.0935. The first-order chi connectivity index (χ1) is 7.93. The first-order valence-electron chi connectivity index (χ1n) is 5.30. The lowest BCUT2D eigenvalue weighted by Gasteiger charge is -2.13. The molecule has 1 aromatic rings. The highest BCUT2D eigenvalue weighted by Crippen LogP contribution is 2.59. The van der Waals surface area contributed by atoms with Crippen LogP contribution in [0, 0.1) is 0 Å². The zero-order chi connectivity index (χ0) is 12.4. The molecule has 1 unspecified atom stereocenters. The maximum atomic E-state index is 9.80. The first kappa shape index (κ1) is 10.5.